The Kier molecular flexibility index (Phi) is 7.35. The summed E-state index contributed by atoms with van der Waals surface area (Å²) in [5, 5.41) is 2.12. The van der Waals surface area contributed by atoms with Gasteiger partial charge in [0.1, 0.15) is 6.54 Å². The third kappa shape index (κ3) is 5.12. The van der Waals surface area contributed by atoms with E-state index >= 15 is 0 Å². The Labute approximate surface area is 184 Å². The van der Waals surface area contributed by atoms with E-state index in [4.69, 9.17) is 0 Å². The first-order valence-corrected chi connectivity index (χ1v) is 11.9. The Morgan fingerprint density at radius 1 is 1.13 bits per heavy atom. The van der Waals surface area contributed by atoms with Gasteiger partial charge in [0, 0.05) is 23.4 Å². The molecule has 0 radical (unpaired) electrons. The molecule has 5 heteroatoms. The minimum atomic E-state index is -0.384. The van der Waals surface area contributed by atoms with E-state index in [2.05, 4.69) is 30.5 Å². The maximum absolute atomic E-state index is 13.5. The molecule has 3 rings (SSSR count). The number of carbonyl (C=O) groups is 2. The van der Waals surface area contributed by atoms with Gasteiger partial charge in [-0.1, -0.05) is 50.1 Å². The topological polar surface area (TPSA) is 40.6 Å². The number of unbranched alkanes of at least 4 members (excludes halogenated alkanes) is 2. The quantitative estimate of drug-likeness (QED) is 0.554. The fourth-order valence-corrected chi connectivity index (χ4v) is 5.07. The Morgan fingerprint density at radius 2 is 1.87 bits per heavy atom. The van der Waals surface area contributed by atoms with Gasteiger partial charge in [0.15, 0.2) is 0 Å². The number of nitrogens with zero attached hydrogens (tertiary/aromatic N) is 2. The SMILES string of the molecule is CCCCCC(=O)N(CC(=O)N1CCc2sccc2C1c1ccccc1)C(C)(C)C. The van der Waals surface area contributed by atoms with Gasteiger partial charge in [-0.15, -0.1) is 11.3 Å². The average Bonchev–Trinajstić information content (AvgIpc) is 3.19. The Hall–Kier alpha value is -2.14. The summed E-state index contributed by atoms with van der Waals surface area (Å²) in [5.41, 5.74) is 1.97. The molecule has 0 spiro atoms. The monoisotopic (exact) mass is 426 g/mol. The number of thiophene rings is 1. The van der Waals surface area contributed by atoms with Crippen molar-refractivity contribution in [3.63, 3.8) is 0 Å². The lowest BCUT2D eigenvalue weighted by Crippen LogP contribution is -2.52. The molecule has 0 fully saturated rings. The van der Waals surface area contributed by atoms with Gasteiger partial charge in [-0.25, -0.2) is 0 Å². The number of fused-ring (bicyclic) bond motifs is 1. The zero-order valence-electron chi connectivity index (χ0n) is 18.7. The molecule has 0 saturated heterocycles. The van der Waals surface area contributed by atoms with E-state index < -0.39 is 0 Å². The van der Waals surface area contributed by atoms with Gasteiger partial charge in [0.2, 0.25) is 11.8 Å². The second kappa shape index (κ2) is 9.78. The van der Waals surface area contributed by atoms with Crippen molar-refractivity contribution in [3.8, 4) is 0 Å². The van der Waals surface area contributed by atoms with Crippen molar-refractivity contribution in [1.29, 1.82) is 0 Å². The Balaban J connectivity index is 1.83. The Morgan fingerprint density at radius 3 is 2.53 bits per heavy atom. The number of hydrogen-bond acceptors (Lipinski definition) is 3. The molecule has 0 N–H and O–H groups in total. The summed E-state index contributed by atoms with van der Waals surface area (Å²) in [6.45, 7) is 9.00. The van der Waals surface area contributed by atoms with Crippen LogP contribution in [-0.2, 0) is 16.0 Å². The van der Waals surface area contributed by atoms with Crippen LogP contribution in [-0.4, -0.2) is 40.2 Å². The van der Waals surface area contributed by atoms with Crippen LogP contribution in [0.4, 0.5) is 0 Å². The van der Waals surface area contributed by atoms with Crippen LogP contribution in [0.15, 0.2) is 41.8 Å². The highest BCUT2D eigenvalue weighted by atomic mass is 32.1. The van der Waals surface area contributed by atoms with E-state index in [0.29, 0.717) is 13.0 Å². The molecule has 2 aromatic rings. The van der Waals surface area contributed by atoms with Crippen molar-refractivity contribution in [2.75, 3.05) is 13.1 Å². The number of hydrogen-bond donors (Lipinski definition) is 0. The fourth-order valence-electron chi connectivity index (χ4n) is 4.17. The molecule has 1 aromatic heterocycles. The predicted molar refractivity (Wildman–Crippen MR) is 124 cm³/mol. The summed E-state index contributed by atoms with van der Waals surface area (Å²) >= 11 is 1.77. The molecule has 2 heterocycles. The van der Waals surface area contributed by atoms with Gasteiger partial charge in [-0.2, -0.15) is 0 Å². The van der Waals surface area contributed by atoms with Gasteiger partial charge in [0.05, 0.1) is 6.04 Å². The molecule has 4 nitrogen and oxygen atoms in total. The van der Waals surface area contributed by atoms with Crippen molar-refractivity contribution < 1.29 is 9.59 Å². The summed E-state index contributed by atoms with van der Waals surface area (Å²) in [5.74, 6) is 0.105. The molecule has 30 heavy (non-hydrogen) atoms. The van der Waals surface area contributed by atoms with Crippen molar-refractivity contribution in [1.82, 2.24) is 9.80 Å². The highest BCUT2D eigenvalue weighted by Gasteiger charge is 2.35. The molecule has 2 amide bonds. The molecule has 0 aliphatic carbocycles. The van der Waals surface area contributed by atoms with Crippen LogP contribution in [0.3, 0.4) is 0 Å². The molecular formula is C25H34N2O2S. The van der Waals surface area contributed by atoms with E-state index in [0.717, 1.165) is 31.2 Å². The second-order valence-electron chi connectivity index (χ2n) is 9.06. The predicted octanol–water partition coefficient (Wildman–Crippen LogP) is 5.43. The normalized spacial score (nSPS) is 16.3. The smallest absolute Gasteiger partial charge is 0.243 e. The van der Waals surface area contributed by atoms with Crippen molar-refractivity contribution >= 4 is 23.2 Å². The minimum Gasteiger partial charge on any atom is -0.330 e. The molecule has 0 bridgehead atoms. The largest absolute Gasteiger partial charge is 0.330 e. The summed E-state index contributed by atoms with van der Waals surface area (Å²) in [6.07, 6.45) is 4.39. The molecular weight excluding hydrogens is 392 g/mol. The zero-order chi connectivity index (χ0) is 21.7. The summed E-state index contributed by atoms with van der Waals surface area (Å²) in [6, 6.07) is 12.3. The van der Waals surface area contributed by atoms with E-state index in [1.807, 2.05) is 43.9 Å². The van der Waals surface area contributed by atoms with Crippen LogP contribution in [0.1, 0.15) is 75.4 Å². The molecule has 0 saturated carbocycles. The first-order chi connectivity index (χ1) is 14.3. The number of carbonyl (C=O) groups excluding carboxylic acids is 2. The van der Waals surface area contributed by atoms with Crippen LogP contribution in [0.5, 0.6) is 0 Å². The third-order valence-corrected chi connectivity index (χ3v) is 6.80. The van der Waals surface area contributed by atoms with Crippen LogP contribution >= 0.6 is 11.3 Å². The van der Waals surface area contributed by atoms with E-state index in [1.165, 1.54) is 10.4 Å². The minimum absolute atomic E-state index is 0.0273. The van der Waals surface area contributed by atoms with Crippen LogP contribution < -0.4 is 0 Å². The Bertz CT molecular complexity index is 854. The van der Waals surface area contributed by atoms with Gasteiger partial charge >= 0.3 is 0 Å². The highest BCUT2D eigenvalue weighted by molar-refractivity contribution is 7.10. The zero-order valence-corrected chi connectivity index (χ0v) is 19.5. The van der Waals surface area contributed by atoms with Gasteiger partial charge in [0.25, 0.3) is 0 Å². The van der Waals surface area contributed by atoms with E-state index in [9.17, 15) is 9.59 Å². The van der Waals surface area contributed by atoms with Gasteiger partial charge in [-0.05, 0) is 56.2 Å². The molecule has 1 aliphatic rings. The standard InChI is InChI=1S/C25H34N2O2S/c1-5-6-8-13-22(28)27(25(2,3)4)18-23(29)26-16-14-21-20(15-17-30-21)24(26)19-11-9-7-10-12-19/h7,9-12,15,17,24H,5-6,8,13-14,16,18H2,1-4H3. The molecule has 1 aromatic carbocycles. The maximum Gasteiger partial charge on any atom is 0.243 e. The molecule has 1 unspecified atom stereocenters. The number of rotatable bonds is 7. The van der Waals surface area contributed by atoms with Crippen molar-refractivity contribution in [3.05, 3.63) is 57.8 Å². The third-order valence-electron chi connectivity index (χ3n) is 5.80. The first-order valence-electron chi connectivity index (χ1n) is 11.0. The second-order valence-corrected chi connectivity index (χ2v) is 10.1. The van der Waals surface area contributed by atoms with E-state index in [1.54, 1.807) is 16.2 Å². The lowest BCUT2D eigenvalue weighted by atomic mass is 9.93. The molecule has 1 aliphatic heterocycles. The van der Waals surface area contributed by atoms with Gasteiger partial charge < -0.3 is 9.80 Å². The number of amides is 2. The van der Waals surface area contributed by atoms with Crippen LogP contribution in [0.2, 0.25) is 0 Å². The number of benzene rings is 1. The summed E-state index contributed by atoms with van der Waals surface area (Å²) < 4.78 is 0. The van der Waals surface area contributed by atoms with Crippen LogP contribution in [0, 0.1) is 0 Å². The van der Waals surface area contributed by atoms with Gasteiger partial charge in [-0.3, -0.25) is 9.59 Å². The first kappa shape index (κ1) is 22.5. The highest BCUT2D eigenvalue weighted by Crippen LogP contribution is 2.38. The molecule has 1 atom stereocenters. The summed E-state index contributed by atoms with van der Waals surface area (Å²) in [4.78, 5) is 31.6. The van der Waals surface area contributed by atoms with Crippen molar-refractivity contribution in [2.45, 2.75) is 71.4 Å². The fraction of sp³-hybridized carbons (Fsp3) is 0.520. The maximum atomic E-state index is 13.5. The summed E-state index contributed by atoms with van der Waals surface area (Å²) in [7, 11) is 0. The molecule has 162 valence electrons. The van der Waals surface area contributed by atoms with Crippen LogP contribution in [0.25, 0.3) is 0 Å². The van der Waals surface area contributed by atoms with Crippen molar-refractivity contribution in [2.24, 2.45) is 0 Å². The average molecular weight is 427 g/mol. The van der Waals surface area contributed by atoms with E-state index in [-0.39, 0.29) is 29.9 Å². The lowest BCUT2D eigenvalue weighted by Gasteiger charge is -2.40. The lowest BCUT2D eigenvalue weighted by molar-refractivity contribution is -0.146.